The smallest absolute Gasteiger partial charge is 0.0672 e. The Morgan fingerprint density at radius 1 is 1.21 bits per heavy atom. The van der Waals surface area contributed by atoms with Crippen LogP contribution < -0.4 is 0 Å². The summed E-state index contributed by atoms with van der Waals surface area (Å²) in [5, 5.41) is 10.1. The van der Waals surface area contributed by atoms with Gasteiger partial charge in [0.05, 0.1) is 12.0 Å². The molecule has 2 unspecified atom stereocenters. The first-order valence-electron chi connectivity index (χ1n) is 7.05. The third kappa shape index (κ3) is 3.96. The Bertz CT molecular complexity index is 435. The van der Waals surface area contributed by atoms with Crippen LogP contribution in [0.4, 0.5) is 0 Å². The van der Waals surface area contributed by atoms with E-state index >= 15 is 0 Å². The fraction of sp³-hybridized carbons (Fsp3) is 0.562. The Labute approximate surface area is 121 Å². The number of benzene rings is 1. The van der Waals surface area contributed by atoms with Crippen LogP contribution in [0, 0.1) is 17.2 Å². The minimum atomic E-state index is 0.180. The summed E-state index contributed by atoms with van der Waals surface area (Å²) >= 11 is 5.91. The maximum atomic E-state index is 9.34. The van der Waals surface area contributed by atoms with Gasteiger partial charge in [0.1, 0.15) is 0 Å². The van der Waals surface area contributed by atoms with Crippen molar-refractivity contribution in [3.8, 4) is 6.07 Å². The van der Waals surface area contributed by atoms with Crippen LogP contribution in [0.5, 0.6) is 0 Å². The van der Waals surface area contributed by atoms with Crippen LogP contribution in [0.1, 0.15) is 37.7 Å². The van der Waals surface area contributed by atoms with Gasteiger partial charge in [-0.2, -0.15) is 5.26 Å². The molecule has 0 spiro atoms. The highest BCUT2D eigenvalue weighted by molar-refractivity contribution is 6.30. The van der Waals surface area contributed by atoms with Crippen molar-refractivity contribution < 1.29 is 0 Å². The summed E-state index contributed by atoms with van der Waals surface area (Å²) < 4.78 is 0. The monoisotopic (exact) mass is 276 g/mol. The van der Waals surface area contributed by atoms with Gasteiger partial charge in [-0.1, -0.05) is 43.0 Å². The van der Waals surface area contributed by atoms with Gasteiger partial charge in [-0.15, -0.1) is 0 Å². The molecule has 0 N–H and O–H groups in total. The summed E-state index contributed by atoms with van der Waals surface area (Å²) in [4.78, 5) is 2.34. The first-order chi connectivity index (χ1) is 9.20. The molecule has 0 bridgehead atoms. The first-order valence-corrected chi connectivity index (χ1v) is 7.43. The van der Waals surface area contributed by atoms with Crippen LogP contribution in [-0.2, 0) is 6.54 Å². The molecule has 0 radical (unpaired) electrons. The summed E-state index contributed by atoms with van der Waals surface area (Å²) in [6.45, 7) is 0.889. The minimum absolute atomic E-state index is 0.180. The molecule has 2 atom stereocenters. The fourth-order valence-corrected chi connectivity index (χ4v) is 3.09. The molecule has 1 aliphatic carbocycles. The largest absolute Gasteiger partial charge is 0.298 e. The lowest BCUT2D eigenvalue weighted by Gasteiger charge is -2.30. The van der Waals surface area contributed by atoms with Crippen molar-refractivity contribution in [3.63, 3.8) is 0 Å². The van der Waals surface area contributed by atoms with E-state index in [4.69, 9.17) is 11.6 Å². The highest BCUT2D eigenvalue weighted by Gasteiger charge is 2.26. The zero-order valence-corrected chi connectivity index (χ0v) is 12.2. The molecule has 0 aromatic heterocycles. The molecular formula is C16H21ClN2. The summed E-state index contributed by atoms with van der Waals surface area (Å²) in [6.07, 6.45) is 5.90. The first kappa shape index (κ1) is 14.4. The predicted octanol–water partition coefficient (Wildman–Crippen LogP) is 4.24. The molecular weight excluding hydrogens is 256 g/mol. The van der Waals surface area contributed by atoms with Gasteiger partial charge >= 0.3 is 0 Å². The fourth-order valence-electron chi connectivity index (χ4n) is 2.96. The molecule has 0 aliphatic heterocycles. The third-order valence-electron chi connectivity index (χ3n) is 4.06. The highest BCUT2D eigenvalue weighted by Crippen LogP contribution is 2.27. The Morgan fingerprint density at radius 3 is 2.58 bits per heavy atom. The minimum Gasteiger partial charge on any atom is -0.298 e. The summed E-state index contributed by atoms with van der Waals surface area (Å²) in [5.74, 6) is 0.180. The maximum Gasteiger partial charge on any atom is 0.0672 e. The second-order valence-electron chi connectivity index (χ2n) is 5.48. The molecule has 1 fully saturated rings. The van der Waals surface area contributed by atoms with Gasteiger partial charge in [-0.3, -0.25) is 4.90 Å². The average Bonchev–Trinajstić information content (AvgIpc) is 2.66. The standard InChI is InChI=1S/C16H21ClN2/c1-19(12-13-7-9-15(17)10-8-13)16-6-4-2-3-5-14(16)11-18/h7-10,14,16H,2-6,12H2,1H3. The van der Waals surface area contributed by atoms with Gasteiger partial charge in [-0.25, -0.2) is 0 Å². The predicted molar refractivity (Wildman–Crippen MR) is 78.9 cm³/mol. The SMILES string of the molecule is CN(Cc1ccc(Cl)cc1)C1CCCCCC1C#N. The molecule has 102 valence electrons. The van der Waals surface area contributed by atoms with Crippen molar-refractivity contribution in [2.24, 2.45) is 5.92 Å². The topological polar surface area (TPSA) is 27.0 Å². The normalized spacial score (nSPS) is 23.9. The Morgan fingerprint density at radius 2 is 1.89 bits per heavy atom. The summed E-state index contributed by atoms with van der Waals surface area (Å²) in [6, 6.07) is 10.9. The van der Waals surface area contributed by atoms with E-state index in [1.54, 1.807) is 0 Å². The van der Waals surface area contributed by atoms with Gasteiger partial charge in [0, 0.05) is 17.6 Å². The molecule has 1 aromatic rings. The Hall–Kier alpha value is -1.04. The van der Waals surface area contributed by atoms with E-state index in [9.17, 15) is 5.26 Å². The molecule has 0 amide bonds. The van der Waals surface area contributed by atoms with E-state index in [1.165, 1.54) is 24.8 Å². The van der Waals surface area contributed by atoms with E-state index in [0.717, 1.165) is 24.4 Å². The van der Waals surface area contributed by atoms with Gasteiger partial charge in [0.25, 0.3) is 0 Å². The highest BCUT2D eigenvalue weighted by atomic mass is 35.5. The van der Waals surface area contributed by atoms with Gasteiger partial charge < -0.3 is 0 Å². The number of hydrogen-bond donors (Lipinski definition) is 0. The summed E-state index contributed by atoms with van der Waals surface area (Å²) in [7, 11) is 2.13. The molecule has 19 heavy (non-hydrogen) atoms. The van der Waals surface area contributed by atoms with Gasteiger partial charge in [0.15, 0.2) is 0 Å². The lowest BCUT2D eigenvalue weighted by Crippen LogP contribution is -2.36. The molecule has 2 rings (SSSR count). The van der Waals surface area contributed by atoms with E-state index in [2.05, 4.69) is 30.1 Å². The van der Waals surface area contributed by atoms with E-state index in [-0.39, 0.29) is 5.92 Å². The van der Waals surface area contributed by atoms with Crippen LogP contribution in [0.15, 0.2) is 24.3 Å². The van der Waals surface area contributed by atoms with Crippen LogP contribution in [-0.4, -0.2) is 18.0 Å². The van der Waals surface area contributed by atoms with Crippen molar-refractivity contribution >= 4 is 11.6 Å². The second kappa shape index (κ2) is 6.93. The molecule has 1 aliphatic rings. The Balaban J connectivity index is 2.02. The molecule has 3 heteroatoms. The zero-order valence-electron chi connectivity index (χ0n) is 11.5. The quantitative estimate of drug-likeness (QED) is 0.772. The van der Waals surface area contributed by atoms with Crippen LogP contribution >= 0.6 is 11.6 Å². The van der Waals surface area contributed by atoms with Crippen molar-refractivity contribution in [3.05, 3.63) is 34.9 Å². The number of nitrogens with zero attached hydrogens (tertiary/aromatic N) is 2. The third-order valence-corrected chi connectivity index (χ3v) is 4.31. The van der Waals surface area contributed by atoms with Crippen molar-refractivity contribution in [1.82, 2.24) is 4.90 Å². The van der Waals surface area contributed by atoms with Crippen molar-refractivity contribution in [2.75, 3.05) is 7.05 Å². The lowest BCUT2D eigenvalue weighted by molar-refractivity contribution is 0.183. The van der Waals surface area contributed by atoms with E-state index < -0.39 is 0 Å². The number of hydrogen-bond acceptors (Lipinski definition) is 2. The van der Waals surface area contributed by atoms with Crippen molar-refractivity contribution in [1.29, 1.82) is 5.26 Å². The van der Waals surface area contributed by atoms with Crippen LogP contribution in [0.2, 0.25) is 5.02 Å². The Kier molecular flexibility index (Phi) is 5.24. The second-order valence-corrected chi connectivity index (χ2v) is 5.92. The molecule has 1 aromatic carbocycles. The van der Waals surface area contributed by atoms with Crippen molar-refractivity contribution in [2.45, 2.75) is 44.7 Å². The lowest BCUT2D eigenvalue weighted by atomic mass is 9.95. The molecule has 1 saturated carbocycles. The molecule has 0 saturated heterocycles. The number of halogens is 1. The summed E-state index contributed by atoms with van der Waals surface area (Å²) in [5.41, 5.74) is 1.26. The average molecular weight is 277 g/mol. The zero-order chi connectivity index (χ0) is 13.7. The maximum absolute atomic E-state index is 9.34. The number of rotatable bonds is 3. The van der Waals surface area contributed by atoms with Gasteiger partial charge in [0.2, 0.25) is 0 Å². The molecule has 0 heterocycles. The van der Waals surface area contributed by atoms with Gasteiger partial charge in [-0.05, 0) is 37.6 Å². The van der Waals surface area contributed by atoms with E-state index in [1.807, 2.05) is 12.1 Å². The van der Waals surface area contributed by atoms with Crippen LogP contribution in [0.25, 0.3) is 0 Å². The van der Waals surface area contributed by atoms with E-state index in [0.29, 0.717) is 6.04 Å². The molecule has 2 nitrogen and oxygen atoms in total. The van der Waals surface area contributed by atoms with Crippen LogP contribution in [0.3, 0.4) is 0 Å². The number of nitriles is 1.